The van der Waals surface area contributed by atoms with Crippen LogP contribution in [0.1, 0.15) is 382 Å². The van der Waals surface area contributed by atoms with E-state index in [9.17, 15) is 43.2 Å². The molecule has 0 saturated carbocycles. The van der Waals surface area contributed by atoms with Gasteiger partial charge in [-0.05, 0) is 37.5 Å². The molecular weight excluding hydrogens is 1220 g/mol. The van der Waals surface area contributed by atoms with Gasteiger partial charge in [0.25, 0.3) is 0 Å². The zero-order valence-corrected chi connectivity index (χ0v) is 62.3. The molecule has 0 aliphatic carbocycles. The maximum Gasteiger partial charge on any atom is 0.472 e. The number of aliphatic hydroxyl groups excluding tert-OH is 1. The molecule has 0 bridgehead atoms. The maximum absolute atomic E-state index is 13.1. The predicted molar refractivity (Wildman–Crippen MR) is 377 cm³/mol. The number of ether oxygens (including phenoxy) is 4. The summed E-state index contributed by atoms with van der Waals surface area (Å²) in [5, 5.41) is 10.6. The summed E-state index contributed by atoms with van der Waals surface area (Å²) in [6.45, 7) is 9.62. The molecule has 0 saturated heterocycles. The molecule has 0 aliphatic rings. The molecular formula is C74H144O17P2. The van der Waals surface area contributed by atoms with Crippen molar-refractivity contribution in [1.82, 2.24) is 0 Å². The molecule has 0 aromatic carbocycles. The summed E-state index contributed by atoms with van der Waals surface area (Å²) in [6, 6.07) is 0. The van der Waals surface area contributed by atoms with E-state index in [0.717, 1.165) is 102 Å². The van der Waals surface area contributed by atoms with Crippen LogP contribution in [0, 0.1) is 11.8 Å². The third-order valence-corrected chi connectivity index (χ3v) is 19.5. The van der Waals surface area contributed by atoms with Crippen molar-refractivity contribution < 1.29 is 80.2 Å². The number of hydrogen-bond donors (Lipinski definition) is 3. The summed E-state index contributed by atoms with van der Waals surface area (Å²) >= 11 is 0. The van der Waals surface area contributed by atoms with Crippen molar-refractivity contribution in [3.8, 4) is 0 Å². The average molecular weight is 1370 g/mol. The first-order valence-electron chi connectivity index (χ1n) is 38.5. The molecule has 0 aromatic heterocycles. The number of hydrogen-bond acceptors (Lipinski definition) is 15. The summed E-state index contributed by atoms with van der Waals surface area (Å²) < 4.78 is 68.5. The van der Waals surface area contributed by atoms with Crippen molar-refractivity contribution in [3.05, 3.63) is 0 Å². The third kappa shape index (κ3) is 67.0. The van der Waals surface area contributed by atoms with E-state index < -0.39 is 97.5 Å². The monoisotopic (exact) mass is 1370 g/mol. The molecule has 6 atom stereocenters. The Bertz CT molecular complexity index is 1810. The molecule has 3 N–H and O–H groups in total. The second-order valence-corrected chi connectivity index (χ2v) is 30.3. The highest BCUT2D eigenvalue weighted by molar-refractivity contribution is 7.47. The van der Waals surface area contributed by atoms with Crippen molar-refractivity contribution >= 4 is 39.5 Å². The van der Waals surface area contributed by atoms with Gasteiger partial charge in [-0.3, -0.25) is 37.3 Å². The normalized spacial score (nSPS) is 14.3. The Labute approximate surface area is 568 Å². The maximum atomic E-state index is 13.1. The fourth-order valence-electron chi connectivity index (χ4n) is 11.3. The number of carbonyl (C=O) groups excluding carboxylic acids is 4. The number of unbranched alkanes of at least 4 members (excludes halogenated alkanes) is 42. The quantitative estimate of drug-likeness (QED) is 0.0222. The Hall–Kier alpha value is -1.94. The summed E-state index contributed by atoms with van der Waals surface area (Å²) in [6.07, 6.45) is 52.4. The van der Waals surface area contributed by atoms with Crippen LogP contribution in [0.5, 0.6) is 0 Å². The first-order chi connectivity index (χ1) is 44.9. The minimum absolute atomic E-state index is 0.106. The molecule has 0 fully saturated rings. The predicted octanol–water partition coefficient (Wildman–Crippen LogP) is 21.6. The molecule has 0 aliphatic heterocycles. The van der Waals surface area contributed by atoms with E-state index in [2.05, 4.69) is 41.5 Å². The molecule has 3 unspecified atom stereocenters. The van der Waals surface area contributed by atoms with Crippen molar-refractivity contribution in [2.75, 3.05) is 39.6 Å². The molecule has 19 heteroatoms. The Kier molecular flexibility index (Phi) is 64.6. The lowest BCUT2D eigenvalue weighted by molar-refractivity contribution is -0.161. The first kappa shape index (κ1) is 91.1. The minimum Gasteiger partial charge on any atom is -0.462 e. The van der Waals surface area contributed by atoms with E-state index >= 15 is 0 Å². The summed E-state index contributed by atoms with van der Waals surface area (Å²) in [4.78, 5) is 72.8. The van der Waals surface area contributed by atoms with Gasteiger partial charge in [0.1, 0.15) is 19.3 Å². The Balaban J connectivity index is 5.27. The van der Waals surface area contributed by atoms with Gasteiger partial charge in [-0.2, -0.15) is 0 Å². The molecule has 0 rings (SSSR count). The number of carbonyl (C=O) groups is 4. The lowest BCUT2D eigenvalue weighted by atomic mass is 9.99. The second kappa shape index (κ2) is 66.0. The van der Waals surface area contributed by atoms with Crippen LogP contribution in [0.25, 0.3) is 0 Å². The van der Waals surface area contributed by atoms with Gasteiger partial charge in [0.15, 0.2) is 12.2 Å². The van der Waals surface area contributed by atoms with E-state index in [4.69, 9.17) is 37.0 Å². The van der Waals surface area contributed by atoms with Gasteiger partial charge in [-0.1, -0.05) is 330 Å². The van der Waals surface area contributed by atoms with Crippen LogP contribution >= 0.6 is 15.6 Å². The van der Waals surface area contributed by atoms with E-state index in [1.165, 1.54) is 199 Å². The zero-order valence-electron chi connectivity index (χ0n) is 60.6. The molecule has 552 valence electrons. The Morgan fingerprint density at radius 1 is 0.312 bits per heavy atom. The number of esters is 4. The Morgan fingerprint density at radius 2 is 0.548 bits per heavy atom. The van der Waals surface area contributed by atoms with Crippen LogP contribution < -0.4 is 0 Å². The number of phosphoric acid groups is 2. The van der Waals surface area contributed by atoms with Gasteiger partial charge < -0.3 is 33.8 Å². The first-order valence-corrected chi connectivity index (χ1v) is 41.5. The van der Waals surface area contributed by atoms with Crippen molar-refractivity contribution in [3.63, 3.8) is 0 Å². The minimum atomic E-state index is -4.96. The van der Waals surface area contributed by atoms with Crippen LogP contribution in [-0.4, -0.2) is 96.7 Å². The highest BCUT2D eigenvalue weighted by Gasteiger charge is 2.30. The van der Waals surface area contributed by atoms with E-state index in [1.54, 1.807) is 0 Å². The summed E-state index contributed by atoms with van der Waals surface area (Å²) in [5.74, 6) is -0.541. The molecule has 17 nitrogen and oxygen atoms in total. The lowest BCUT2D eigenvalue weighted by Gasteiger charge is -2.21. The van der Waals surface area contributed by atoms with Gasteiger partial charge in [0, 0.05) is 25.7 Å². The smallest absolute Gasteiger partial charge is 0.462 e. The number of phosphoric ester groups is 2. The van der Waals surface area contributed by atoms with E-state index in [-0.39, 0.29) is 25.7 Å². The zero-order chi connectivity index (χ0) is 68.6. The van der Waals surface area contributed by atoms with Gasteiger partial charge in [-0.25, -0.2) is 9.13 Å². The van der Waals surface area contributed by atoms with E-state index in [0.29, 0.717) is 25.7 Å². The van der Waals surface area contributed by atoms with Gasteiger partial charge >= 0.3 is 39.5 Å². The molecule has 0 heterocycles. The van der Waals surface area contributed by atoms with Crippen molar-refractivity contribution in [2.45, 2.75) is 400 Å². The van der Waals surface area contributed by atoms with Crippen LogP contribution in [0.2, 0.25) is 0 Å². The fourth-order valence-corrected chi connectivity index (χ4v) is 12.8. The molecule has 0 amide bonds. The molecule has 0 aromatic rings. The van der Waals surface area contributed by atoms with Gasteiger partial charge in [0.2, 0.25) is 0 Å². The van der Waals surface area contributed by atoms with Gasteiger partial charge in [-0.15, -0.1) is 0 Å². The van der Waals surface area contributed by atoms with Crippen LogP contribution in [0.3, 0.4) is 0 Å². The number of rotatable bonds is 73. The Morgan fingerprint density at radius 3 is 0.817 bits per heavy atom. The van der Waals surface area contributed by atoms with Crippen molar-refractivity contribution in [2.24, 2.45) is 11.8 Å². The standard InChI is InChI=1S/C74H144O17P2/c1-7-10-12-14-16-18-20-22-26-34-40-46-52-58-73(78)90-69(62-84-71(76)56-50-44-38-32-25-21-19-17-15-13-11-8-2)64-88-92(80,81)86-60-68(75)61-87-93(82,83)89-65-70(91-74(79)59-53-47-41-35-27-23-24-30-36-42-48-54-66(4)5)63-85-72(77)57-51-45-39-33-29-28-31-37-43-49-55-67(6)9-3/h66-70,75H,7-65H2,1-6H3,(H,80,81)(H,82,83)/t67?,68-,69+,70+/m0/s1. The SMILES string of the molecule is CCCCCCCCCCCCCCCC(=O)O[C@H](COC(=O)CCCCCCCCCCCCCC)COP(=O)(O)OC[C@H](O)COP(=O)(O)OC[C@@H](COC(=O)CCCCCCCCCCCCC(C)CC)OC(=O)CCCCCCCCCCCCCC(C)C. The highest BCUT2D eigenvalue weighted by Crippen LogP contribution is 2.45. The molecule has 0 radical (unpaired) electrons. The third-order valence-electron chi connectivity index (χ3n) is 17.6. The second-order valence-electron chi connectivity index (χ2n) is 27.4. The topological polar surface area (TPSA) is 237 Å². The summed E-state index contributed by atoms with van der Waals surface area (Å²) in [5.41, 5.74) is 0. The molecule has 0 spiro atoms. The largest absolute Gasteiger partial charge is 0.472 e. The van der Waals surface area contributed by atoms with Crippen molar-refractivity contribution in [1.29, 1.82) is 0 Å². The van der Waals surface area contributed by atoms with Crippen LogP contribution in [0.15, 0.2) is 0 Å². The highest BCUT2D eigenvalue weighted by atomic mass is 31.2. The van der Waals surface area contributed by atoms with E-state index in [1.807, 2.05) is 0 Å². The fraction of sp³-hybridized carbons (Fsp3) is 0.946. The van der Waals surface area contributed by atoms with Crippen LogP contribution in [0.4, 0.5) is 0 Å². The average Bonchev–Trinajstić information content (AvgIpc) is 2.36. The summed E-state index contributed by atoms with van der Waals surface area (Å²) in [7, 11) is -9.91. The van der Waals surface area contributed by atoms with Crippen LogP contribution in [-0.2, 0) is 65.4 Å². The number of aliphatic hydroxyl groups is 1. The van der Waals surface area contributed by atoms with Gasteiger partial charge in [0.05, 0.1) is 26.4 Å². The molecule has 93 heavy (non-hydrogen) atoms. The lowest BCUT2D eigenvalue weighted by Crippen LogP contribution is -2.30.